The zero-order chi connectivity index (χ0) is 10.2. The van der Waals surface area contributed by atoms with E-state index in [1.54, 1.807) is 18.5 Å². The van der Waals surface area contributed by atoms with Crippen molar-refractivity contribution < 1.29 is 4.79 Å². The maximum atomic E-state index is 11.2. The maximum Gasteiger partial charge on any atom is 0.321 e. The van der Waals surface area contributed by atoms with Crippen LogP contribution in [0.3, 0.4) is 0 Å². The van der Waals surface area contributed by atoms with Crippen molar-refractivity contribution in [2.45, 2.75) is 19.8 Å². The molecule has 1 aromatic rings. The first-order chi connectivity index (χ1) is 6.83. The molecule has 0 aromatic carbocycles. The van der Waals surface area contributed by atoms with Crippen molar-refractivity contribution in [3.05, 3.63) is 18.5 Å². The molecule has 0 aliphatic heterocycles. The Hall–Kier alpha value is -1.65. The van der Waals surface area contributed by atoms with Crippen molar-refractivity contribution >= 4 is 12.0 Å². The number of nitrogens with zero attached hydrogens (tertiary/aromatic N) is 2. The molecule has 0 aliphatic rings. The normalized spacial score (nSPS) is 9.50. The molecule has 5 nitrogen and oxygen atoms in total. The molecule has 0 saturated heterocycles. The fourth-order valence-electron chi connectivity index (χ4n) is 0.888. The molecule has 1 heterocycles. The molecule has 0 saturated carbocycles. The maximum absolute atomic E-state index is 11.2. The van der Waals surface area contributed by atoms with Gasteiger partial charge in [-0.1, -0.05) is 13.3 Å². The van der Waals surface area contributed by atoms with E-state index in [1.165, 1.54) is 0 Å². The number of hydrogen-bond donors (Lipinski definition) is 2. The van der Waals surface area contributed by atoms with E-state index in [9.17, 15) is 4.79 Å². The van der Waals surface area contributed by atoms with Crippen LogP contribution in [-0.2, 0) is 0 Å². The van der Waals surface area contributed by atoms with E-state index in [0.717, 1.165) is 12.8 Å². The van der Waals surface area contributed by atoms with Gasteiger partial charge in [-0.3, -0.25) is 5.32 Å². The first-order valence-electron chi connectivity index (χ1n) is 4.65. The summed E-state index contributed by atoms with van der Waals surface area (Å²) in [7, 11) is 0. The van der Waals surface area contributed by atoms with Gasteiger partial charge in [0.1, 0.15) is 0 Å². The number of amides is 2. The van der Waals surface area contributed by atoms with Gasteiger partial charge >= 0.3 is 6.03 Å². The Labute approximate surface area is 83.0 Å². The number of nitrogens with one attached hydrogen (secondary N) is 2. The Morgan fingerprint density at radius 3 is 2.79 bits per heavy atom. The van der Waals surface area contributed by atoms with Gasteiger partial charge in [0.15, 0.2) is 0 Å². The van der Waals surface area contributed by atoms with Crippen LogP contribution in [0.1, 0.15) is 19.8 Å². The van der Waals surface area contributed by atoms with Gasteiger partial charge in [0.2, 0.25) is 5.95 Å². The minimum Gasteiger partial charge on any atom is -0.338 e. The van der Waals surface area contributed by atoms with Crippen molar-refractivity contribution in [3.63, 3.8) is 0 Å². The van der Waals surface area contributed by atoms with Gasteiger partial charge in [-0.15, -0.1) is 0 Å². The van der Waals surface area contributed by atoms with Crippen LogP contribution in [0.25, 0.3) is 0 Å². The van der Waals surface area contributed by atoms with Crippen molar-refractivity contribution in [1.29, 1.82) is 0 Å². The van der Waals surface area contributed by atoms with Crippen LogP contribution < -0.4 is 10.6 Å². The van der Waals surface area contributed by atoms with Crippen LogP contribution in [0.5, 0.6) is 0 Å². The first kappa shape index (κ1) is 10.4. The number of urea groups is 1. The standard InChI is InChI=1S/C9H14N4O/c1-2-3-5-12-9(14)13-8-10-6-4-7-11-8/h4,6-7H,2-3,5H2,1H3,(H2,10,11,12,13,14). The lowest BCUT2D eigenvalue weighted by molar-refractivity contribution is 0.252. The largest absolute Gasteiger partial charge is 0.338 e. The average molecular weight is 194 g/mol. The molecule has 5 heteroatoms. The Morgan fingerprint density at radius 2 is 2.14 bits per heavy atom. The lowest BCUT2D eigenvalue weighted by Crippen LogP contribution is -2.30. The molecule has 0 aliphatic carbocycles. The topological polar surface area (TPSA) is 66.9 Å². The zero-order valence-electron chi connectivity index (χ0n) is 8.16. The van der Waals surface area contributed by atoms with Crippen molar-refractivity contribution in [2.24, 2.45) is 0 Å². The fraction of sp³-hybridized carbons (Fsp3) is 0.444. The van der Waals surface area contributed by atoms with Crippen LogP contribution >= 0.6 is 0 Å². The molecule has 1 aromatic heterocycles. The van der Waals surface area contributed by atoms with E-state index in [0.29, 0.717) is 12.5 Å². The minimum absolute atomic E-state index is 0.260. The first-order valence-corrected chi connectivity index (χ1v) is 4.65. The lowest BCUT2D eigenvalue weighted by Gasteiger charge is -2.04. The molecule has 0 unspecified atom stereocenters. The molecule has 1 rings (SSSR count). The molecule has 0 spiro atoms. The van der Waals surface area contributed by atoms with Crippen molar-refractivity contribution in [3.8, 4) is 0 Å². The molecular formula is C9H14N4O. The molecule has 0 fully saturated rings. The summed E-state index contributed by atoms with van der Waals surface area (Å²) in [5.41, 5.74) is 0. The molecule has 0 bridgehead atoms. The van der Waals surface area contributed by atoms with Gasteiger partial charge in [0, 0.05) is 18.9 Å². The minimum atomic E-state index is -0.260. The average Bonchev–Trinajstić information content (AvgIpc) is 2.20. The molecule has 0 atom stereocenters. The summed E-state index contributed by atoms with van der Waals surface area (Å²) in [5, 5.41) is 5.23. The highest BCUT2D eigenvalue weighted by atomic mass is 16.2. The summed E-state index contributed by atoms with van der Waals surface area (Å²) in [6, 6.07) is 1.44. The second kappa shape index (κ2) is 5.90. The van der Waals surface area contributed by atoms with Gasteiger partial charge in [-0.2, -0.15) is 0 Å². The SMILES string of the molecule is CCCCNC(=O)Nc1ncccn1. The molecule has 14 heavy (non-hydrogen) atoms. The molecular weight excluding hydrogens is 180 g/mol. The number of anilines is 1. The Kier molecular flexibility index (Phi) is 4.40. The number of rotatable bonds is 4. The van der Waals surface area contributed by atoms with Gasteiger partial charge in [-0.05, 0) is 12.5 Å². The number of aromatic nitrogens is 2. The van der Waals surface area contributed by atoms with E-state index in [4.69, 9.17) is 0 Å². The van der Waals surface area contributed by atoms with Gasteiger partial charge in [0.25, 0.3) is 0 Å². The van der Waals surface area contributed by atoms with Crippen LogP contribution in [0, 0.1) is 0 Å². The summed E-state index contributed by atoms with van der Waals surface area (Å²) in [4.78, 5) is 18.9. The smallest absolute Gasteiger partial charge is 0.321 e. The number of hydrogen-bond acceptors (Lipinski definition) is 3. The van der Waals surface area contributed by atoms with Crippen LogP contribution in [0.4, 0.5) is 10.7 Å². The molecule has 2 N–H and O–H groups in total. The Morgan fingerprint density at radius 1 is 1.43 bits per heavy atom. The van der Waals surface area contributed by atoms with Crippen LogP contribution in [-0.4, -0.2) is 22.5 Å². The summed E-state index contributed by atoms with van der Waals surface area (Å²) in [5.74, 6) is 0.321. The quantitative estimate of drug-likeness (QED) is 0.712. The second-order valence-electron chi connectivity index (χ2n) is 2.81. The number of carbonyl (C=O) groups excluding carboxylic acids is 1. The van der Waals surface area contributed by atoms with Gasteiger partial charge < -0.3 is 5.32 Å². The second-order valence-corrected chi connectivity index (χ2v) is 2.81. The van der Waals surface area contributed by atoms with Gasteiger partial charge in [-0.25, -0.2) is 14.8 Å². The van der Waals surface area contributed by atoms with Crippen molar-refractivity contribution in [1.82, 2.24) is 15.3 Å². The van der Waals surface area contributed by atoms with E-state index in [2.05, 4.69) is 27.5 Å². The molecule has 76 valence electrons. The summed E-state index contributed by atoms with van der Waals surface area (Å²) < 4.78 is 0. The summed E-state index contributed by atoms with van der Waals surface area (Å²) in [6.45, 7) is 2.75. The summed E-state index contributed by atoms with van der Waals surface area (Å²) in [6.07, 6.45) is 5.19. The fourth-order valence-corrected chi connectivity index (χ4v) is 0.888. The molecule has 0 radical (unpaired) electrons. The van der Waals surface area contributed by atoms with Crippen molar-refractivity contribution in [2.75, 3.05) is 11.9 Å². The monoisotopic (exact) mass is 194 g/mol. The predicted octanol–water partition coefficient (Wildman–Crippen LogP) is 1.40. The van der Waals surface area contributed by atoms with E-state index in [1.807, 2.05) is 0 Å². The lowest BCUT2D eigenvalue weighted by atomic mass is 10.3. The Balaban J connectivity index is 2.27. The van der Waals surface area contributed by atoms with E-state index in [-0.39, 0.29) is 6.03 Å². The highest BCUT2D eigenvalue weighted by Crippen LogP contribution is 1.93. The van der Waals surface area contributed by atoms with Crippen LogP contribution in [0.15, 0.2) is 18.5 Å². The number of unbranched alkanes of at least 4 members (excludes halogenated alkanes) is 1. The third kappa shape index (κ3) is 3.84. The molecule has 2 amide bonds. The van der Waals surface area contributed by atoms with E-state index < -0.39 is 0 Å². The zero-order valence-corrected chi connectivity index (χ0v) is 8.16. The third-order valence-electron chi connectivity index (χ3n) is 1.61. The third-order valence-corrected chi connectivity index (χ3v) is 1.61. The summed E-state index contributed by atoms with van der Waals surface area (Å²) >= 11 is 0. The number of carbonyl (C=O) groups is 1. The highest BCUT2D eigenvalue weighted by Gasteiger charge is 2.00. The highest BCUT2D eigenvalue weighted by molar-refractivity contribution is 5.87. The van der Waals surface area contributed by atoms with E-state index >= 15 is 0 Å². The predicted molar refractivity (Wildman–Crippen MR) is 54.0 cm³/mol. The van der Waals surface area contributed by atoms with Gasteiger partial charge in [0.05, 0.1) is 0 Å². The Bertz CT molecular complexity index is 275. The van der Waals surface area contributed by atoms with Crippen LogP contribution in [0.2, 0.25) is 0 Å².